The first-order valence-corrected chi connectivity index (χ1v) is 14.8. The first-order valence-electron chi connectivity index (χ1n) is 14.8. The number of benzene rings is 4. The van der Waals surface area contributed by atoms with Crippen molar-refractivity contribution in [3.8, 4) is 45.3 Å². The summed E-state index contributed by atoms with van der Waals surface area (Å²) in [5.74, 6) is 3.11. The normalized spacial score (nSPS) is 16.5. The standard InChI is InChI=1S/C37H33N5O2/c1-36(2)22-43-34(41-36)29-18-14-27(15-19-29)32-38-31(26-12-10-25(11-13-26)24-8-6-5-7-9-24)39-33(40-32)28-16-20-30(21-17-28)35-42-37(3,4)23-44-35/h5-21H,22-23H2,1-4H3. The number of rotatable bonds is 6. The van der Waals surface area contributed by atoms with Gasteiger partial charge in [-0.3, -0.25) is 0 Å². The van der Waals surface area contributed by atoms with Crippen molar-refractivity contribution in [2.45, 2.75) is 38.8 Å². The van der Waals surface area contributed by atoms with E-state index in [1.165, 1.54) is 0 Å². The molecule has 5 aromatic rings. The van der Waals surface area contributed by atoms with Gasteiger partial charge in [-0.1, -0.05) is 78.9 Å². The van der Waals surface area contributed by atoms with Crippen molar-refractivity contribution in [2.75, 3.05) is 13.2 Å². The predicted octanol–water partition coefficient (Wildman–Crippen LogP) is 7.65. The Balaban J connectivity index is 1.26. The molecule has 0 bridgehead atoms. The third-order valence-electron chi connectivity index (χ3n) is 7.60. The van der Waals surface area contributed by atoms with Crippen LogP contribution in [0.15, 0.2) is 113 Å². The van der Waals surface area contributed by atoms with Crippen LogP contribution < -0.4 is 0 Å². The van der Waals surface area contributed by atoms with Crippen molar-refractivity contribution in [2.24, 2.45) is 9.98 Å². The highest BCUT2D eigenvalue weighted by molar-refractivity contribution is 5.96. The van der Waals surface area contributed by atoms with Crippen LogP contribution in [0.2, 0.25) is 0 Å². The van der Waals surface area contributed by atoms with Gasteiger partial charge in [0.15, 0.2) is 17.5 Å². The second-order valence-electron chi connectivity index (χ2n) is 12.4. The molecule has 0 atom stereocenters. The fourth-order valence-electron chi connectivity index (χ4n) is 5.19. The highest BCUT2D eigenvalue weighted by atomic mass is 16.5. The van der Waals surface area contributed by atoms with E-state index in [-0.39, 0.29) is 11.1 Å². The van der Waals surface area contributed by atoms with Gasteiger partial charge in [-0.2, -0.15) is 0 Å². The number of hydrogen-bond acceptors (Lipinski definition) is 7. The van der Waals surface area contributed by atoms with Crippen LogP contribution in [-0.2, 0) is 9.47 Å². The van der Waals surface area contributed by atoms with E-state index in [9.17, 15) is 0 Å². The lowest BCUT2D eigenvalue weighted by Gasteiger charge is -2.10. The summed E-state index contributed by atoms with van der Waals surface area (Å²) in [6.07, 6.45) is 0. The minimum Gasteiger partial charge on any atom is -0.475 e. The molecule has 0 fully saturated rings. The Labute approximate surface area is 257 Å². The quantitative estimate of drug-likeness (QED) is 0.206. The fourth-order valence-corrected chi connectivity index (χ4v) is 5.19. The highest BCUT2D eigenvalue weighted by Gasteiger charge is 2.28. The Morgan fingerprint density at radius 2 is 0.727 bits per heavy atom. The van der Waals surface area contributed by atoms with Crippen LogP contribution in [0.4, 0.5) is 0 Å². The maximum Gasteiger partial charge on any atom is 0.216 e. The van der Waals surface area contributed by atoms with Gasteiger partial charge in [0.25, 0.3) is 0 Å². The van der Waals surface area contributed by atoms with Gasteiger partial charge in [-0.05, 0) is 63.1 Å². The molecule has 7 heteroatoms. The molecular formula is C37H33N5O2. The number of aliphatic imine (C=N–C) groups is 2. The first kappa shape index (κ1) is 27.7. The van der Waals surface area contributed by atoms with Crippen LogP contribution in [0.25, 0.3) is 45.3 Å². The van der Waals surface area contributed by atoms with Crippen LogP contribution in [0, 0.1) is 0 Å². The van der Waals surface area contributed by atoms with Gasteiger partial charge in [0.2, 0.25) is 11.8 Å². The maximum atomic E-state index is 5.84. The molecule has 0 saturated carbocycles. The van der Waals surface area contributed by atoms with Crippen molar-refractivity contribution in [1.29, 1.82) is 0 Å². The molecule has 218 valence electrons. The molecule has 7 nitrogen and oxygen atoms in total. The van der Waals surface area contributed by atoms with Crippen LogP contribution in [0.3, 0.4) is 0 Å². The summed E-state index contributed by atoms with van der Waals surface area (Å²) >= 11 is 0. The third kappa shape index (κ3) is 5.73. The van der Waals surface area contributed by atoms with Gasteiger partial charge in [0, 0.05) is 27.8 Å². The summed E-state index contributed by atoms with van der Waals surface area (Å²) in [6.45, 7) is 9.41. The molecule has 0 aliphatic carbocycles. The topological polar surface area (TPSA) is 81.9 Å². The Morgan fingerprint density at radius 1 is 0.409 bits per heavy atom. The monoisotopic (exact) mass is 579 g/mol. The molecular weight excluding hydrogens is 546 g/mol. The van der Waals surface area contributed by atoms with Crippen LogP contribution in [0.5, 0.6) is 0 Å². The van der Waals surface area contributed by atoms with Crippen molar-refractivity contribution in [1.82, 2.24) is 15.0 Å². The minimum absolute atomic E-state index is 0.218. The largest absolute Gasteiger partial charge is 0.475 e. The Morgan fingerprint density at radius 3 is 1.07 bits per heavy atom. The summed E-state index contributed by atoms with van der Waals surface area (Å²) in [7, 11) is 0. The zero-order chi connectivity index (χ0) is 30.3. The van der Waals surface area contributed by atoms with Crippen LogP contribution >= 0.6 is 0 Å². The van der Waals surface area contributed by atoms with Crippen molar-refractivity contribution in [3.05, 3.63) is 114 Å². The molecule has 0 radical (unpaired) electrons. The van der Waals surface area contributed by atoms with E-state index in [2.05, 4.69) is 64.1 Å². The van der Waals surface area contributed by atoms with Gasteiger partial charge in [-0.25, -0.2) is 24.9 Å². The molecule has 0 N–H and O–H groups in total. The highest BCUT2D eigenvalue weighted by Crippen LogP contribution is 2.29. The molecule has 44 heavy (non-hydrogen) atoms. The SMILES string of the molecule is CC1(C)COC(c2ccc(-c3nc(-c4ccc(C5=NC(C)(C)CO5)cc4)nc(-c4ccc(-c5ccccc5)cc4)n3)cc2)=N1. The van der Waals surface area contributed by atoms with E-state index < -0.39 is 0 Å². The molecule has 0 unspecified atom stereocenters. The fraction of sp³-hybridized carbons (Fsp3) is 0.216. The molecule has 0 amide bonds. The lowest BCUT2D eigenvalue weighted by molar-refractivity contribution is 0.279. The van der Waals surface area contributed by atoms with Gasteiger partial charge < -0.3 is 9.47 Å². The van der Waals surface area contributed by atoms with Crippen molar-refractivity contribution in [3.63, 3.8) is 0 Å². The number of hydrogen-bond donors (Lipinski definition) is 0. The third-order valence-corrected chi connectivity index (χ3v) is 7.60. The lowest BCUT2D eigenvalue weighted by Crippen LogP contribution is -2.17. The molecule has 4 aromatic carbocycles. The minimum atomic E-state index is -0.218. The summed E-state index contributed by atoms with van der Waals surface area (Å²) in [5, 5.41) is 0. The van der Waals surface area contributed by atoms with E-state index in [4.69, 9.17) is 34.4 Å². The second kappa shape index (κ2) is 10.8. The Bertz CT molecular complexity index is 1780. The number of nitrogens with zero attached hydrogens (tertiary/aromatic N) is 5. The van der Waals surface area contributed by atoms with Gasteiger partial charge in [0.05, 0.1) is 11.1 Å². The summed E-state index contributed by atoms with van der Waals surface area (Å²) in [6, 6.07) is 34.7. The smallest absolute Gasteiger partial charge is 0.216 e. The zero-order valence-electron chi connectivity index (χ0n) is 25.3. The zero-order valence-corrected chi connectivity index (χ0v) is 25.3. The van der Waals surface area contributed by atoms with Gasteiger partial charge in [-0.15, -0.1) is 0 Å². The molecule has 0 spiro atoms. The van der Waals surface area contributed by atoms with Crippen LogP contribution in [-0.4, -0.2) is 51.0 Å². The summed E-state index contributed by atoms with van der Waals surface area (Å²) in [4.78, 5) is 24.2. The molecule has 7 rings (SSSR count). The maximum absolute atomic E-state index is 5.84. The first-order chi connectivity index (χ1) is 21.2. The summed E-state index contributed by atoms with van der Waals surface area (Å²) in [5.41, 5.74) is 6.39. The second-order valence-corrected chi connectivity index (χ2v) is 12.4. The average Bonchev–Trinajstić information content (AvgIpc) is 3.62. The Hall–Kier alpha value is -5.17. The van der Waals surface area contributed by atoms with E-state index in [1.54, 1.807) is 0 Å². The molecule has 3 heterocycles. The van der Waals surface area contributed by atoms with Gasteiger partial charge in [0.1, 0.15) is 13.2 Å². The van der Waals surface area contributed by atoms with E-state index in [0.29, 0.717) is 42.5 Å². The number of aromatic nitrogens is 3. The average molecular weight is 580 g/mol. The molecule has 0 saturated heterocycles. The predicted molar refractivity (Wildman–Crippen MR) is 175 cm³/mol. The number of ether oxygens (including phenoxy) is 2. The van der Waals surface area contributed by atoms with E-state index in [0.717, 1.165) is 38.9 Å². The summed E-state index contributed by atoms with van der Waals surface area (Å²) < 4.78 is 11.7. The van der Waals surface area contributed by atoms with Gasteiger partial charge >= 0.3 is 0 Å². The van der Waals surface area contributed by atoms with Crippen molar-refractivity contribution < 1.29 is 9.47 Å². The lowest BCUT2D eigenvalue weighted by atomic mass is 10.0. The molecule has 2 aliphatic heterocycles. The van der Waals surface area contributed by atoms with Crippen LogP contribution in [0.1, 0.15) is 38.8 Å². The van der Waals surface area contributed by atoms with E-state index >= 15 is 0 Å². The molecule has 1 aromatic heterocycles. The molecule has 2 aliphatic rings. The Kier molecular flexibility index (Phi) is 6.81. The van der Waals surface area contributed by atoms with E-state index in [1.807, 2.05) is 66.7 Å². The van der Waals surface area contributed by atoms with Crippen molar-refractivity contribution >= 4 is 11.8 Å².